The highest BCUT2D eigenvalue weighted by molar-refractivity contribution is 6.35. The molecule has 0 saturated carbocycles. The smallest absolute Gasteiger partial charge is 0.233 e. The van der Waals surface area contributed by atoms with Gasteiger partial charge < -0.3 is 15.4 Å². The van der Waals surface area contributed by atoms with Crippen LogP contribution in [0.4, 0.5) is 11.4 Å². The highest BCUT2D eigenvalue weighted by atomic mass is 35.5. The predicted octanol–water partition coefficient (Wildman–Crippen LogP) is 4.28. The Morgan fingerprint density at radius 1 is 1.00 bits per heavy atom. The van der Waals surface area contributed by atoms with Crippen LogP contribution in [0.25, 0.3) is 0 Å². The van der Waals surface area contributed by atoms with Crippen molar-refractivity contribution in [2.45, 2.75) is 13.3 Å². The summed E-state index contributed by atoms with van der Waals surface area (Å²) in [5.74, 6) is -0.405. The van der Waals surface area contributed by atoms with Crippen LogP contribution in [-0.2, 0) is 9.59 Å². The average Bonchev–Trinajstić information content (AvgIpc) is 2.45. The molecule has 0 radical (unpaired) electrons. The molecule has 0 aliphatic carbocycles. The number of benzene rings is 2. The largest absolute Gasteiger partial charge is 0.495 e. The number of hydrogen-bond donors (Lipinski definition) is 2. The highest BCUT2D eigenvalue weighted by Gasteiger charge is 2.13. The number of amides is 2. The van der Waals surface area contributed by atoms with E-state index in [-0.39, 0.29) is 6.42 Å². The Labute approximate surface area is 149 Å². The number of ether oxygens (including phenoxy) is 1. The van der Waals surface area contributed by atoms with Crippen LogP contribution in [0.2, 0.25) is 10.0 Å². The van der Waals surface area contributed by atoms with Crippen LogP contribution in [0.1, 0.15) is 12.0 Å². The van der Waals surface area contributed by atoms with Gasteiger partial charge >= 0.3 is 0 Å². The molecule has 0 aliphatic heterocycles. The fraction of sp³-hybridized carbons (Fsp3) is 0.176. The molecule has 24 heavy (non-hydrogen) atoms. The van der Waals surface area contributed by atoms with Gasteiger partial charge in [0.15, 0.2) is 0 Å². The topological polar surface area (TPSA) is 67.4 Å². The molecule has 0 bridgehead atoms. The molecular formula is C17H16Cl2N2O3. The van der Waals surface area contributed by atoms with Gasteiger partial charge in [-0.25, -0.2) is 0 Å². The van der Waals surface area contributed by atoms with E-state index in [2.05, 4.69) is 10.6 Å². The molecule has 2 aromatic rings. The summed E-state index contributed by atoms with van der Waals surface area (Å²) in [7, 11) is 1.51. The minimum Gasteiger partial charge on any atom is -0.495 e. The van der Waals surface area contributed by atoms with E-state index >= 15 is 0 Å². The van der Waals surface area contributed by atoms with Crippen LogP contribution in [0.15, 0.2) is 36.4 Å². The van der Waals surface area contributed by atoms with Crippen LogP contribution in [-0.4, -0.2) is 18.9 Å². The second-order valence-electron chi connectivity index (χ2n) is 5.13. The summed E-state index contributed by atoms with van der Waals surface area (Å²) in [6, 6.07) is 10.0. The number of hydrogen-bond acceptors (Lipinski definition) is 3. The fourth-order valence-corrected chi connectivity index (χ4v) is 2.62. The molecule has 5 nitrogen and oxygen atoms in total. The first-order chi connectivity index (χ1) is 11.4. The third-order valence-electron chi connectivity index (χ3n) is 3.10. The number of methoxy groups -OCH3 is 1. The molecule has 2 N–H and O–H groups in total. The van der Waals surface area contributed by atoms with Gasteiger partial charge in [0.1, 0.15) is 12.2 Å². The molecule has 0 saturated heterocycles. The van der Waals surface area contributed by atoms with Crippen molar-refractivity contribution in [3.63, 3.8) is 0 Å². The molecule has 7 heteroatoms. The summed E-state index contributed by atoms with van der Waals surface area (Å²) in [5, 5.41) is 6.04. The fourth-order valence-electron chi connectivity index (χ4n) is 2.09. The molecule has 2 aromatic carbocycles. The summed E-state index contributed by atoms with van der Waals surface area (Å²) in [6.45, 7) is 1.89. The average molecular weight is 367 g/mol. The Morgan fingerprint density at radius 3 is 2.25 bits per heavy atom. The van der Waals surface area contributed by atoms with Crippen LogP contribution in [0.3, 0.4) is 0 Å². The van der Waals surface area contributed by atoms with Crippen LogP contribution in [0.5, 0.6) is 5.75 Å². The van der Waals surface area contributed by atoms with Crippen molar-refractivity contribution >= 4 is 46.4 Å². The molecule has 0 fully saturated rings. The van der Waals surface area contributed by atoms with Gasteiger partial charge in [0, 0.05) is 15.7 Å². The van der Waals surface area contributed by atoms with Gasteiger partial charge in [0.25, 0.3) is 0 Å². The standard InChI is InChI=1S/C17H16Cl2N2O3/c1-10-3-4-15(24-2)14(5-10)21-17(23)9-16(22)20-13-7-11(18)6-12(19)8-13/h3-8H,9H2,1-2H3,(H,20,22)(H,21,23). The summed E-state index contributed by atoms with van der Waals surface area (Å²) >= 11 is 11.7. The Hall–Kier alpha value is -2.24. The zero-order chi connectivity index (χ0) is 17.7. The Balaban J connectivity index is 1.99. The number of carbonyl (C=O) groups excluding carboxylic acids is 2. The van der Waals surface area contributed by atoms with Gasteiger partial charge in [0.05, 0.1) is 12.8 Å². The predicted molar refractivity (Wildman–Crippen MR) is 96.1 cm³/mol. The van der Waals surface area contributed by atoms with Crippen molar-refractivity contribution < 1.29 is 14.3 Å². The third-order valence-corrected chi connectivity index (χ3v) is 3.53. The maximum Gasteiger partial charge on any atom is 0.233 e. The second-order valence-corrected chi connectivity index (χ2v) is 6.01. The van der Waals surface area contributed by atoms with E-state index in [9.17, 15) is 9.59 Å². The summed E-state index contributed by atoms with van der Waals surface area (Å²) in [4.78, 5) is 24.0. The maximum absolute atomic E-state index is 12.0. The molecule has 0 atom stereocenters. The molecule has 0 spiro atoms. The number of aryl methyl sites for hydroxylation is 1. The maximum atomic E-state index is 12.0. The first-order valence-electron chi connectivity index (χ1n) is 7.08. The minimum absolute atomic E-state index is 0.346. The first kappa shape index (κ1) is 18.1. The summed E-state index contributed by atoms with van der Waals surface area (Å²) in [5.41, 5.74) is 1.91. The van der Waals surface area contributed by atoms with E-state index in [0.717, 1.165) is 5.56 Å². The quantitative estimate of drug-likeness (QED) is 0.776. The van der Waals surface area contributed by atoms with Gasteiger partial charge in [-0.3, -0.25) is 9.59 Å². The molecule has 0 unspecified atom stereocenters. The summed E-state index contributed by atoms with van der Waals surface area (Å²) in [6.07, 6.45) is -0.346. The summed E-state index contributed by atoms with van der Waals surface area (Å²) < 4.78 is 5.18. The zero-order valence-electron chi connectivity index (χ0n) is 13.2. The van der Waals surface area contributed by atoms with E-state index in [1.165, 1.54) is 7.11 Å². The van der Waals surface area contributed by atoms with Crippen LogP contribution in [0, 0.1) is 6.92 Å². The number of halogens is 2. The Morgan fingerprint density at radius 2 is 1.62 bits per heavy atom. The molecule has 0 heterocycles. The van der Waals surface area contributed by atoms with E-state index in [1.807, 2.05) is 13.0 Å². The lowest BCUT2D eigenvalue weighted by atomic mass is 10.2. The van der Waals surface area contributed by atoms with Crippen molar-refractivity contribution in [2.24, 2.45) is 0 Å². The van der Waals surface area contributed by atoms with Crippen LogP contribution >= 0.6 is 23.2 Å². The minimum atomic E-state index is -0.475. The van der Waals surface area contributed by atoms with Crippen molar-refractivity contribution in [1.29, 1.82) is 0 Å². The molecule has 0 aliphatic rings. The SMILES string of the molecule is COc1ccc(C)cc1NC(=O)CC(=O)Nc1cc(Cl)cc(Cl)c1. The van der Waals surface area contributed by atoms with Gasteiger partial charge in [-0.15, -0.1) is 0 Å². The van der Waals surface area contributed by atoms with Gasteiger partial charge in [0.2, 0.25) is 11.8 Å². The lowest BCUT2D eigenvalue weighted by Gasteiger charge is -2.11. The Kier molecular flexibility index (Phi) is 6.06. The van der Waals surface area contributed by atoms with E-state index in [4.69, 9.17) is 27.9 Å². The lowest BCUT2D eigenvalue weighted by molar-refractivity contribution is -0.123. The van der Waals surface area contributed by atoms with Crippen LogP contribution < -0.4 is 15.4 Å². The second kappa shape index (κ2) is 8.04. The molecular weight excluding hydrogens is 351 g/mol. The molecule has 2 rings (SSSR count). The van der Waals surface area contributed by atoms with Gasteiger partial charge in [-0.2, -0.15) is 0 Å². The van der Waals surface area contributed by atoms with Crippen molar-refractivity contribution in [1.82, 2.24) is 0 Å². The lowest BCUT2D eigenvalue weighted by Crippen LogP contribution is -2.21. The van der Waals surface area contributed by atoms with Crippen molar-refractivity contribution in [3.8, 4) is 5.75 Å². The molecule has 2 amide bonds. The van der Waals surface area contributed by atoms with Crippen molar-refractivity contribution in [2.75, 3.05) is 17.7 Å². The van der Waals surface area contributed by atoms with Crippen molar-refractivity contribution in [3.05, 3.63) is 52.0 Å². The Bertz CT molecular complexity index is 758. The van der Waals surface area contributed by atoms with Gasteiger partial charge in [-0.05, 0) is 42.8 Å². The first-order valence-corrected chi connectivity index (χ1v) is 7.83. The highest BCUT2D eigenvalue weighted by Crippen LogP contribution is 2.25. The number of rotatable bonds is 5. The van der Waals surface area contributed by atoms with E-state index in [1.54, 1.807) is 30.3 Å². The molecule has 0 aromatic heterocycles. The van der Waals surface area contributed by atoms with Gasteiger partial charge in [-0.1, -0.05) is 29.3 Å². The van der Waals surface area contributed by atoms with E-state index < -0.39 is 11.8 Å². The molecule has 126 valence electrons. The monoisotopic (exact) mass is 366 g/mol. The normalized spacial score (nSPS) is 10.2. The third kappa shape index (κ3) is 5.15. The van der Waals surface area contributed by atoms with E-state index in [0.29, 0.717) is 27.2 Å². The number of carbonyl (C=O) groups is 2. The number of anilines is 2. The zero-order valence-corrected chi connectivity index (χ0v) is 14.7. The number of nitrogens with one attached hydrogen (secondary N) is 2.